The highest BCUT2D eigenvalue weighted by molar-refractivity contribution is 7.90. The third-order valence-electron chi connectivity index (χ3n) is 4.33. The summed E-state index contributed by atoms with van der Waals surface area (Å²) >= 11 is 0. The van der Waals surface area contributed by atoms with Gasteiger partial charge in [0.25, 0.3) is 5.91 Å². The maximum atomic E-state index is 13.4. The van der Waals surface area contributed by atoms with Crippen molar-refractivity contribution in [3.63, 3.8) is 0 Å². The van der Waals surface area contributed by atoms with E-state index in [1.54, 1.807) is 12.1 Å². The highest BCUT2D eigenvalue weighted by Gasteiger charge is 2.19. The first-order chi connectivity index (χ1) is 13.2. The number of rotatable bonds is 5. The molecule has 0 bridgehead atoms. The minimum atomic E-state index is -3.62. The Labute approximate surface area is 162 Å². The molecule has 0 aromatic heterocycles. The molecule has 1 aliphatic rings. The van der Waals surface area contributed by atoms with Gasteiger partial charge >= 0.3 is 0 Å². The van der Waals surface area contributed by atoms with E-state index < -0.39 is 21.6 Å². The van der Waals surface area contributed by atoms with Gasteiger partial charge in [0, 0.05) is 18.5 Å². The molecule has 6 nitrogen and oxygen atoms in total. The van der Waals surface area contributed by atoms with Crippen LogP contribution in [0.2, 0.25) is 0 Å². The molecule has 0 aliphatic carbocycles. The van der Waals surface area contributed by atoms with Crippen LogP contribution in [0, 0.1) is 5.82 Å². The highest BCUT2D eigenvalue weighted by atomic mass is 32.2. The largest absolute Gasteiger partial charge is 0.399 e. The summed E-state index contributed by atoms with van der Waals surface area (Å²) in [5.41, 5.74) is 7.89. The summed E-state index contributed by atoms with van der Waals surface area (Å²) in [6.07, 6.45) is 5.13. The molecule has 1 amide bonds. The van der Waals surface area contributed by atoms with E-state index in [-0.39, 0.29) is 23.2 Å². The maximum absolute atomic E-state index is 13.4. The van der Waals surface area contributed by atoms with E-state index in [0.717, 1.165) is 24.0 Å². The maximum Gasteiger partial charge on any atom is 0.269 e. The minimum absolute atomic E-state index is 0.0582. The molecular weight excluding hydrogens is 381 g/mol. The van der Waals surface area contributed by atoms with E-state index in [1.807, 2.05) is 24.3 Å². The van der Waals surface area contributed by atoms with Gasteiger partial charge in [-0.25, -0.2) is 12.8 Å². The number of nitrogens with zero attached hydrogens (tertiary/aromatic N) is 1. The lowest BCUT2D eigenvalue weighted by Crippen LogP contribution is -2.31. The lowest BCUT2D eigenvalue weighted by atomic mass is 10.0. The molecule has 1 aliphatic heterocycles. The fourth-order valence-electron chi connectivity index (χ4n) is 2.97. The molecule has 1 heterocycles. The molecule has 0 saturated carbocycles. The molecule has 3 rings (SSSR count). The van der Waals surface area contributed by atoms with Crippen molar-refractivity contribution in [3.05, 3.63) is 71.6 Å². The fraction of sp³-hybridized carbons (Fsp3) is 0.200. The summed E-state index contributed by atoms with van der Waals surface area (Å²) in [6.45, 7) is -0.0582. The summed E-state index contributed by atoms with van der Waals surface area (Å²) in [4.78, 5) is 16.8. The fourth-order valence-corrected chi connectivity index (χ4v) is 3.91. The minimum Gasteiger partial charge on any atom is -0.399 e. The molecule has 0 spiro atoms. The van der Waals surface area contributed by atoms with Crippen LogP contribution in [0.25, 0.3) is 0 Å². The normalized spacial score (nSPS) is 16.5. The summed E-state index contributed by atoms with van der Waals surface area (Å²) in [6, 6.07) is 10.6. The second-order valence-electron chi connectivity index (χ2n) is 6.55. The lowest BCUT2D eigenvalue weighted by Gasteiger charge is -2.17. The van der Waals surface area contributed by atoms with Gasteiger partial charge in [-0.2, -0.15) is 0 Å². The van der Waals surface area contributed by atoms with Crippen molar-refractivity contribution in [3.8, 4) is 0 Å². The average molecular weight is 401 g/mol. The van der Waals surface area contributed by atoms with E-state index in [0.29, 0.717) is 17.7 Å². The average Bonchev–Trinajstić information content (AvgIpc) is 2.66. The van der Waals surface area contributed by atoms with E-state index in [1.165, 1.54) is 6.07 Å². The van der Waals surface area contributed by atoms with Crippen molar-refractivity contribution in [1.82, 2.24) is 5.32 Å². The predicted molar refractivity (Wildman–Crippen MR) is 106 cm³/mol. The first-order valence-corrected chi connectivity index (χ1v) is 10.5. The number of hydrogen-bond donors (Lipinski definition) is 2. The number of carbonyl (C=O) groups excluding carboxylic acids is 1. The first-order valence-electron chi connectivity index (χ1n) is 8.60. The molecule has 1 unspecified atom stereocenters. The number of nitrogen functional groups attached to an aromatic ring is 1. The molecule has 1 atom stereocenters. The van der Waals surface area contributed by atoms with Gasteiger partial charge in [-0.3, -0.25) is 9.79 Å². The molecule has 3 N–H and O–H groups in total. The van der Waals surface area contributed by atoms with Crippen molar-refractivity contribution in [1.29, 1.82) is 0 Å². The van der Waals surface area contributed by atoms with Gasteiger partial charge in [0.1, 0.15) is 11.5 Å². The van der Waals surface area contributed by atoms with Gasteiger partial charge in [0.15, 0.2) is 9.84 Å². The molecule has 28 heavy (non-hydrogen) atoms. The van der Waals surface area contributed by atoms with Crippen LogP contribution < -0.4 is 11.1 Å². The number of anilines is 1. The topological polar surface area (TPSA) is 102 Å². The number of dihydropyridines is 1. The van der Waals surface area contributed by atoms with Crippen molar-refractivity contribution < 1.29 is 17.6 Å². The number of sulfone groups is 1. The first kappa shape index (κ1) is 19.8. The second kappa shape index (κ2) is 7.93. The number of amides is 1. The van der Waals surface area contributed by atoms with Gasteiger partial charge < -0.3 is 11.1 Å². The molecular formula is C20H20FN3O3S. The standard InChI is InChI=1S/C20H20FN3O3S/c1-28(26,27)19-11-15(21)9-8-14(19)12-23-20(25)18-7-3-6-17(24-18)13-4-2-5-16(22)10-13/h2-5,7-11,17H,6,12,22H2,1H3,(H,23,25). The van der Waals surface area contributed by atoms with Crippen molar-refractivity contribution in [2.45, 2.75) is 23.9 Å². The molecule has 0 radical (unpaired) electrons. The predicted octanol–water partition coefficient (Wildman–Crippen LogP) is 2.57. The number of carbonyl (C=O) groups is 1. The number of benzene rings is 2. The number of aliphatic imine (C=N–C) groups is 1. The highest BCUT2D eigenvalue weighted by Crippen LogP contribution is 2.26. The van der Waals surface area contributed by atoms with Gasteiger partial charge in [-0.15, -0.1) is 0 Å². The van der Waals surface area contributed by atoms with Crippen LogP contribution in [0.15, 0.2) is 64.5 Å². The quantitative estimate of drug-likeness (QED) is 0.752. The molecule has 0 fully saturated rings. The SMILES string of the molecule is CS(=O)(=O)c1cc(F)ccc1CNC(=O)C1=NC(c2cccc(N)c2)CC=C1. The molecule has 2 aromatic rings. The van der Waals surface area contributed by atoms with Crippen molar-refractivity contribution in [2.24, 2.45) is 4.99 Å². The Bertz CT molecular complexity index is 1080. The number of hydrogen-bond acceptors (Lipinski definition) is 5. The van der Waals surface area contributed by atoms with E-state index in [4.69, 9.17) is 5.73 Å². The Morgan fingerprint density at radius 3 is 2.79 bits per heavy atom. The zero-order chi connectivity index (χ0) is 20.3. The third-order valence-corrected chi connectivity index (χ3v) is 5.51. The smallest absolute Gasteiger partial charge is 0.269 e. The Kier molecular flexibility index (Phi) is 5.60. The zero-order valence-corrected chi connectivity index (χ0v) is 16.0. The molecule has 8 heteroatoms. The van der Waals surface area contributed by atoms with E-state index in [2.05, 4.69) is 10.3 Å². The Morgan fingerprint density at radius 2 is 2.07 bits per heavy atom. The lowest BCUT2D eigenvalue weighted by molar-refractivity contribution is -0.114. The second-order valence-corrected chi connectivity index (χ2v) is 8.53. The van der Waals surface area contributed by atoms with Gasteiger partial charge in [0.2, 0.25) is 0 Å². The Balaban J connectivity index is 1.76. The van der Waals surface area contributed by atoms with Crippen LogP contribution in [0.3, 0.4) is 0 Å². The summed E-state index contributed by atoms with van der Waals surface area (Å²) in [5.74, 6) is -1.09. The number of nitrogens with one attached hydrogen (secondary N) is 1. The van der Waals surface area contributed by atoms with Crippen molar-refractivity contribution in [2.75, 3.05) is 12.0 Å². The monoisotopic (exact) mass is 401 g/mol. The summed E-state index contributed by atoms with van der Waals surface area (Å²) in [5, 5.41) is 2.65. The molecule has 0 saturated heterocycles. The number of halogens is 1. The Morgan fingerprint density at radius 1 is 1.29 bits per heavy atom. The van der Waals surface area contributed by atoms with Gasteiger partial charge in [-0.05, 0) is 47.9 Å². The van der Waals surface area contributed by atoms with E-state index >= 15 is 0 Å². The van der Waals surface area contributed by atoms with Crippen LogP contribution in [0.4, 0.5) is 10.1 Å². The van der Waals surface area contributed by atoms with Gasteiger partial charge in [-0.1, -0.05) is 24.3 Å². The third kappa shape index (κ3) is 4.64. The summed E-state index contributed by atoms with van der Waals surface area (Å²) < 4.78 is 37.1. The van der Waals surface area contributed by atoms with Crippen LogP contribution >= 0.6 is 0 Å². The van der Waals surface area contributed by atoms with E-state index in [9.17, 15) is 17.6 Å². The molecule has 146 valence electrons. The van der Waals surface area contributed by atoms with Crippen LogP contribution in [-0.4, -0.2) is 26.3 Å². The van der Waals surface area contributed by atoms with Crippen LogP contribution in [-0.2, 0) is 21.2 Å². The number of nitrogens with two attached hydrogens (primary N) is 1. The Hall–Kier alpha value is -3.00. The van der Waals surface area contributed by atoms with Crippen molar-refractivity contribution >= 4 is 27.1 Å². The van der Waals surface area contributed by atoms with Crippen LogP contribution in [0.1, 0.15) is 23.6 Å². The molecule has 2 aromatic carbocycles. The van der Waals surface area contributed by atoms with Crippen LogP contribution in [0.5, 0.6) is 0 Å². The zero-order valence-electron chi connectivity index (χ0n) is 15.2. The summed E-state index contributed by atoms with van der Waals surface area (Å²) in [7, 11) is -3.62. The van der Waals surface area contributed by atoms with Gasteiger partial charge in [0.05, 0.1) is 10.9 Å².